The van der Waals surface area contributed by atoms with Crippen molar-refractivity contribution in [3.05, 3.63) is 77.9 Å². The maximum Gasteiger partial charge on any atom is 0.255 e. The van der Waals surface area contributed by atoms with Crippen LogP contribution in [0.1, 0.15) is 22.8 Å². The standard InChI is InChI=1S/C24H26N2O5S/c1-5-30-19-11-13-21(14-12-19)31-20-9-7-18(8-10-20)25-24(27)23-16-22(15-6-17(23)2)32(28,29)26(3)4/h6-16H,5H2,1-4H3,(H,25,27). The summed E-state index contributed by atoms with van der Waals surface area (Å²) < 4.78 is 37.1. The minimum absolute atomic E-state index is 0.0670. The quantitative estimate of drug-likeness (QED) is 0.534. The van der Waals surface area contributed by atoms with Crippen molar-refractivity contribution in [3.8, 4) is 17.2 Å². The van der Waals surface area contributed by atoms with Crippen LogP contribution in [0.4, 0.5) is 5.69 Å². The Morgan fingerprint density at radius 2 is 1.47 bits per heavy atom. The van der Waals surface area contributed by atoms with Crippen molar-refractivity contribution in [2.45, 2.75) is 18.7 Å². The summed E-state index contributed by atoms with van der Waals surface area (Å²) in [5, 5.41) is 2.80. The number of hydrogen-bond acceptors (Lipinski definition) is 5. The number of amides is 1. The molecule has 3 rings (SSSR count). The zero-order chi connectivity index (χ0) is 23.3. The molecule has 8 heteroatoms. The first-order valence-corrected chi connectivity index (χ1v) is 11.5. The SMILES string of the molecule is CCOc1ccc(Oc2ccc(NC(=O)c3cc(S(=O)(=O)N(C)C)ccc3C)cc2)cc1. The average molecular weight is 455 g/mol. The normalized spacial score (nSPS) is 11.3. The Morgan fingerprint density at radius 1 is 0.906 bits per heavy atom. The Balaban J connectivity index is 1.71. The van der Waals surface area contributed by atoms with Crippen LogP contribution in [0.2, 0.25) is 0 Å². The lowest BCUT2D eigenvalue weighted by Crippen LogP contribution is -2.23. The smallest absolute Gasteiger partial charge is 0.255 e. The van der Waals surface area contributed by atoms with E-state index in [4.69, 9.17) is 9.47 Å². The molecule has 7 nitrogen and oxygen atoms in total. The van der Waals surface area contributed by atoms with Crippen LogP contribution in [0.25, 0.3) is 0 Å². The lowest BCUT2D eigenvalue weighted by Gasteiger charge is -2.14. The molecule has 32 heavy (non-hydrogen) atoms. The second-order valence-corrected chi connectivity index (χ2v) is 9.40. The van der Waals surface area contributed by atoms with Gasteiger partial charge in [-0.3, -0.25) is 4.79 Å². The highest BCUT2D eigenvalue weighted by atomic mass is 32.2. The number of benzene rings is 3. The predicted molar refractivity (Wildman–Crippen MR) is 124 cm³/mol. The van der Waals surface area contributed by atoms with Crippen molar-refractivity contribution in [2.24, 2.45) is 0 Å². The predicted octanol–water partition coefficient (Wildman–Crippen LogP) is 4.69. The van der Waals surface area contributed by atoms with Gasteiger partial charge in [0.05, 0.1) is 11.5 Å². The van der Waals surface area contributed by atoms with E-state index in [9.17, 15) is 13.2 Å². The summed E-state index contributed by atoms with van der Waals surface area (Å²) in [6.07, 6.45) is 0. The second-order valence-electron chi connectivity index (χ2n) is 7.25. The van der Waals surface area contributed by atoms with Gasteiger partial charge in [0, 0.05) is 25.3 Å². The van der Waals surface area contributed by atoms with Crippen molar-refractivity contribution in [1.29, 1.82) is 0 Å². The van der Waals surface area contributed by atoms with E-state index in [1.165, 1.54) is 26.2 Å². The molecule has 3 aromatic carbocycles. The van der Waals surface area contributed by atoms with Crippen LogP contribution in [0.5, 0.6) is 17.2 Å². The van der Waals surface area contributed by atoms with Gasteiger partial charge in [0.25, 0.3) is 5.91 Å². The summed E-state index contributed by atoms with van der Waals surface area (Å²) >= 11 is 0. The van der Waals surface area contributed by atoms with E-state index in [2.05, 4.69) is 5.32 Å². The molecule has 0 bridgehead atoms. The summed E-state index contributed by atoms with van der Waals surface area (Å²) in [5.74, 6) is 1.66. The van der Waals surface area contributed by atoms with Gasteiger partial charge in [-0.25, -0.2) is 12.7 Å². The lowest BCUT2D eigenvalue weighted by atomic mass is 10.1. The molecule has 3 aromatic rings. The topological polar surface area (TPSA) is 84.9 Å². The summed E-state index contributed by atoms with van der Waals surface area (Å²) in [4.78, 5) is 12.8. The average Bonchev–Trinajstić information content (AvgIpc) is 2.76. The van der Waals surface area contributed by atoms with Gasteiger partial charge in [-0.15, -0.1) is 0 Å². The molecule has 0 unspecified atom stereocenters. The van der Waals surface area contributed by atoms with E-state index < -0.39 is 15.9 Å². The third-order valence-electron chi connectivity index (χ3n) is 4.71. The lowest BCUT2D eigenvalue weighted by molar-refractivity contribution is 0.102. The fourth-order valence-corrected chi connectivity index (χ4v) is 3.86. The number of carbonyl (C=O) groups excluding carboxylic acids is 1. The molecule has 0 aliphatic heterocycles. The molecule has 0 aliphatic rings. The summed E-state index contributed by atoms with van der Waals surface area (Å²) in [5.41, 5.74) is 1.53. The number of rotatable bonds is 8. The first-order valence-electron chi connectivity index (χ1n) is 10.1. The maximum absolute atomic E-state index is 12.8. The number of hydrogen-bond donors (Lipinski definition) is 1. The fraction of sp³-hybridized carbons (Fsp3) is 0.208. The summed E-state index contributed by atoms with van der Waals surface area (Å²) in [7, 11) is -0.734. The number of ether oxygens (including phenoxy) is 2. The monoisotopic (exact) mass is 454 g/mol. The molecular formula is C24H26N2O5S. The Hall–Kier alpha value is -3.36. The molecule has 0 aromatic heterocycles. The van der Waals surface area contributed by atoms with E-state index in [0.29, 0.717) is 34.9 Å². The largest absolute Gasteiger partial charge is 0.494 e. The van der Waals surface area contributed by atoms with Crippen LogP contribution in [0.15, 0.2) is 71.6 Å². The first kappa shape index (κ1) is 23.3. The van der Waals surface area contributed by atoms with E-state index in [1.54, 1.807) is 37.3 Å². The van der Waals surface area contributed by atoms with Crippen molar-refractivity contribution in [1.82, 2.24) is 4.31 Å². The first-order chi connectivity index (χ1) is 15.2. The number of sulfonamides is 1. The number of nitrogens with one attached hydrogen (secondary N) is 1. The molecule has 1 N–H and O–H groups in total. The molecule has 1 amide bonds. The van der Waals surface area contributed by atoms with Gasteiger partial charge in [0.1, 0.15) is 17.2 Å². The number of aryl methyl sites for hydroxylation is 1. The second kappa shape index (κ2) is 9.84. The summed E-state index contributed by atoms with van der Waals surface area (Å²) in [6, 6.07) is 18.7. The van der Waals surface area contributed by atoms with Gasteiger partial charge in [-0.05, 0) is 80.1 Å². The molecule has 0 saturated carbocycles. The third-order valence-corrected chi connectivity index (χ3v) is 6.53. The number of carbonyl (C=O) groups is 1. The Bertz CT molecular complexity index is 1190. The van der Waals surface area contributed by atoms with Crippen molar-refractivity contribution < 1.29 is 22.7 Å². The van der Waals surface area contributed by atoms with E-state index >= 15 is 0 Å². The van der Waals surface area contributed by atoms with Gasteiger partial charge in [0.15, 0.2) is 0 Å². The van der Waals surface area contributed by atoms with Gasteiger partial charge in [-0.2, -0.15) is 0 Å². The molecule has 0 heterocycles. The minimum Gasteiger partial charge on any atom is -0.494 e. The molecule has 0 radical (unpaired) electrons. The van der Waals surface area contributed by atoms with E-state index in [-0.39, 0.29) is 4.90 Å². The fourth-order valence-electron chi connectivity index (χ4n) is 2.93. The zero-order valence-corrected chi connectivity index (χ0v) is 19.3. The molecule has 0 spiro atoms. The van der Waals surface area contributed by atoms with Gasteiger partial charge >= 0.3 is 0 Å². The maximum atomic E-state index is 12.8. The highest BCUT2D eigenvalue weighted by Crippen LogP contribution is 2.26. The van der Waals surface area contributed by atoms with Crippen LogP contribution in [-0.4, -0.2) is 39.3 Å². The number of nitrogens with zero attached hydrogens (tertiary/aromatic N) is 1. The van der Waals surface area contributed by atoms with Crippen LogP contribution >= 0.6 is 0 Å². The van der Waals surface area contributed by atoms with E-state index in [0.717, 1.165) is 10.1 Å². The molecule has 168 valence electrons. The van der Waals surface area contributed by atoms with E-state index in [1.807, 2.05) is 31.2 Å². The Kier molecular flexibility index (Phi) is 7.17. The Labute approximate surface area is 188 Å². The Morgan fingerprint density at radius 3 is 2.03 bits per heavy atom. The molecule has 0 fully saturated rings. The van der Waals surface area contributed by atoms with Crippen LogP contribution in [-0.2, 0) is 10.0 Å². The van der Waals surface area contributed by atoms with Crippen LogP contribution in [0.3, 0.4) is 0 Å². The molecular weight excluding hydrogens is 428 g/mol. The number of anilines is 1. The van der Waals surface area contributed by atoms with Gasteiger partial charge < -0.3 is 14.8 Å². The summed E-state index contributed by atoms with van der Waals surface area (Å²) in [6.45, 7) is 4.28. The van der Waals surface area contributed by atoms with Crippen molar-refractivity contribution >= 4 is 21.6 Å². The van der Waals surface area contributed by atoms with Crippen molar-refractivity contribution in [2.75, 3.05) is 26.0 Å². The minimum atomic E-state index is -3.64. The molecule has 0 aliphatic carbocycles. The van der Waals surface area contributed by atoms with Gasteiger partial charge in [-0.1, -0.05) is 6.07 Å². The highest BCUT2D eigenvalue weighted by Gasteiger charge is 2.20. The highest BCUT2D eigenvalue weighted by molar-refractivity contribution is 7.89. The zero-order valence-electron chi connectivity index (χ0n) is 18.5. The van der Waals surface area contributed by atoms with Gasteiger partial charge in [0.2, 0.25) is 10.0 Å². The third kappa shape index (κ3) is 5.46. The molecule has 0 saturated heterocycles. The van der Waals surface area contributed by atoms with Crippen molar-refractivity contribution in [3.63, 3.8) is 0 Å². The van der Waals surface area contributed by atoms with Crippen LogP contribution < -0.4 is 14.8 Å². The van der Waals surface area contributed by atoms with Crippen LogP contribution in [0, 0.1) is 6.92 Å². The molecule has 0 atom stereocenters.